The lowest BCUT2D eigenvalue weighted by Gasteiger charge is -2.10. The smallest absolute Gasteiger partial charge is 0.161 e. The number of nitriles is 1. The van der Waals surface area contributed by atoms with E-state index in [1.54, 1.807) is 33.3 Å². The average Bonchev–Trinajstić information content (AvgIpc) is 2.46. The van der Waals surface area contributed by atoms with E-state index in [1.165, 1.54) is 0 Å². The maximum absolute atomic E-state index is 8.96. The summed E-state index contributed by atoms with van der Waals surface area (Å²) in [5, 5.41) is 8.96. The molecule has 2 rings (SSSR count). The Labute approximate surface area is 116 Å². The highest BCUT2D eigenvalue weighted by Gasteiger charge is 2.12. The molecule has 0 aliphatic rings. The molecule has 2 aromatic rings. The van der Waals surface area contributed by atoms with Crippen molar-refractivity contribution in [3.05, 3.63) is 29.5 Å². The topological polar surface area (TPSA) is 94.0 Å². The van der Waals surface area contributed by atoms with Crippen LogP contribution in [0.1, 0.15) is 11.3 Å². The highest BCUT2D eigenvalue weighted by atomic mass is 16.5. The number of methoxy groups -OCH3 is 2. The van der Waals surface area contributed by atoms with E-state index in [0.717, 1.165) is 5.56 Å². The second-order valence-electron chi connectivity index (χ2n) is 4.07. The van der Waals surface area contributed by atoms with Gasteiger partial charge in [0.2, 0.25) is 0 Å². The molecule has 1 aromatic carbocycles. The van der Waals surface area contributed by atoms with Crippen LogP contribution in [0.2, 0.25) is 0 Å². The second-order valence-corrected chi connectivity index (χ2v) is 4.07. The summed E-state index contributed by atoms with van der Waals surface area (Å²) < 4.78 is 10.4. The molecule has 0 spiro atoms. The van der Waals surface area contributed by atoms with Gasteiger partial charge in [0.05, 0.1) is 19.9 Å². The Hall–Kier alpha value is -2.81. The number of ether oxygens (including phenoxy) is 2. The van der Waals surface area contributed by atoms with Gasteiger partial charge in [-0.3, -0.25) is 0 Å². The van der Waals surface area contributed by atoms with Crippen molar-refractivity contribution in [2.75, 3.05) is 20.0 Å². The molecule has 2 N–H and O–H groups in total. The summed E-state index contributed by atoms with van der Waals surface area (Å²) in [5.74, 6) is 1.81. The molecular formula is C14H14N4O2. The first kappa shape index (κ1) is 13.6. The number of hydrogen-bond donors (Lipinski definition) is 1. The molecule has 20 heavy (non-hydrogen) atoms. The summed E-state index contributed by atoms with van der Waals surface area (Å²) in [4.78, 5) is 8.45. The Morgan fingerprint density at radius 3 is 2.40 bits per heavy atom. The van der Waals surface area contributed by atoms with Gasteiger partial charge in [0, 0.05) is 5.56 Å². The van der Waals surface area contributed by atoms with Crippen molar-refractivity contribution in [3.63, 3.8) is 0 Å². The van der Waals surface area contributed by atoms with Crippen LogP contribution in [0.5, 0.6) is 11.5 Å². The second kappa shape index (κ2) is 5.45. The highest BCUT2D eigenvalue weighted by Crippen LogP contribution is 2.31. The number of nitrogens with zero attached hydrogens (tertiary/aromatic N) is 3. The van der Waals surface area contributed by atoms with Crippen LogP contribution in [0.25, 0.3) is 11.4 Å². The Morgan fingerprint density at radius 1 is 1.15 bits per heavy atom. The molecule has 0 atom stereocenters. The summed E-state index contributed by atoms with van der Waals surface area (Å²) in [6.45, 7) is 1.72. The minimum absolute atomic E-state index is 0.171. The third-order valence-corrected chi connectivity index (χ3v) is 2.87. The molecule has 0 bridgehead atoms. The lowest BCUT2D eigenvalue weighted by molar-refractivity contribution is 0.355. The fraction of sp³-hybridized carbons (Fsp3) is 0.214. The average molecular weight is 270 g/mol. The van der Waals surface area contributed by atoms with Crippen LogP contribution in [-0.2, 0) is 0 Å². The number of aromatic nitrogens is 2. The van der Waals surface area contributed by atoms with E-state index in [4.69, 9.17) is 20.5 Å². The summed E-state index contributed by atoms with van der Waals surface area (Å²) >= 11 is 0. The number of aryl methyl sites for hydroxylation is 1. The highest BCUT2D eigenvalue weighted by molar-refractivity contribution is 5.64. The van der Waals surface area contributed by atoms with E-state index in [2.05, 4.69) is 9.97 Å². The minimum atomic E-state index is 0.171. The first-order valence-corrected chi connectivity index (χ1v) is 5.87. The predicted octanol–water partition coefficient (Wildman–Crippen LogP) is 1.92. The zero-order chi connectivity index (χ0) is 14.7. The molecule has 0 unspecified atom stereocenters. The lowest BCUT2D eigenvalue weighted by Crippen LogP contribution is -2.03. The van der Waals surface area contributed by atoms with E-state index in [-0.39, 0.29) is 5.82 Å². The van der Waals surface area contributed by atoms with Crippen LogP contribution in [0.15, 0.2) is 18.2 Å². The first-order chi connectivity index (χ1) is 9.60. The fourth-order valence-corrected chi connectivity index (χ4v) is 1.84. The van der Waals surface area contributed by atoms with Crippen molar-refractivity contribution < 1.29 is 9.47 Å². The molecular weight excluding hydrogens is 256 g/mol. The van der Waals surface area contributed by atoms with Crippen LogP contribution in [0, 0.1) is 18.3 Å². The van der Waals surface area contributed by atoms with E-state index >= 15 is 0 Å². The lowest BCUT2D eigenvalue weighted by atomic mass is 10.1. The van der Waals surface area contributed by atoms with Crippen molar-refractivity contribution in [2.24, 2.45) is 0 Å². The Balaban J connectivity index is 2.55. The molecule has 0 radical (unpaired) electrons. The maximum atomic E-state index is 8.96. The normalized spacial score (nSPS) is 9.90. The number of nitrogen functional groups attached to an aromatic ring is 1. The van der Waals surface area contributed by atoms with E-state index in [0.29, 0.717) is 28.6 Å². The molecule has 0 fully saturated rings. The van der Waals surface area contributed by atoms with Crippen molar-refractivity contribution in [1.29, 1.82) is 5.26 Å². The fourth-order valence-electron chi connectivity index (χ4n) is 1.84. The summed E-state index contributed by atoms with van der Waals surface area (Å²) in [5.41, 5.74) is 7.35. The number of anilines is 1. The molecule has 0 aliphatic heterocycles. The van der Waals surface area contributed by atoms with Gasteiger partial charge in [0.15, 0.2) is 17.3 Å². The van der Waals surface area contributed by atoms with Gasteiger partial charge in [-0.2, -0.15) is 5.26 Å². The molecule has 102 valence electrons. The molecule has 6 nitrogen and oxygen atoms in total. The van der Waals surface area contributed by atoms with Gasteiger partial charge >= 0.3 is 0 Å². The molecule has 6 heteroatoms. The van der Waals surface area contributed by atoms with Gasteiger partial charge < -0.3 is 15.2 Å². The van der Waals surface area contributed by atoms with Gasteiger partial charge in [0.1, 0.15) is 17.5 Å². The molecule has 1 heterocycles. The zero-order valence-electron chi connectivity index (χ0n) is 11.5. The molecule has 1 aromatic heterocycles. The molecule has 0 amide bonds. The number of benzene rings is 1. The van der Waals surface area contributed by atoms with Crippen LogP contribution in [0.3, 0.4) is 0 Å². The summed E-state index contributed by atoms with van der Waals surface area (Å²) in [6, 6.07) is 7.32. The number of hydrogen-bond acceptors (Lipinski definition) is 6. The quantitative estimate of drug-likeness (QED) is 0.915. The van der Waals surface area contributed by atoms with Gasteiger partial charge in [0.25, 0.3) is 0 Å². The van der Waals surface area contributed by atoms with Gasteiger partial charge in [-0.25, -0.2) is 9.97 Å². The van der Waals surface area contributed by atoms with Gasteiger partial charge in [-0.05, 0) is 25.1 Å². The third kappa shape index (κ3) is 2.34. The predicted molar refractivity (Wildman–Crippen MR) is 74.4 cm³/mol. The minimum Gasteiger partial charge on any atom is -0.493 e. The molecule has 0 saturated carbocycles. The van der Waals surface area contributed by atoms with Crippen molar-refractivity contribution in [1.82, 2.24) is 9.97 Å². The van der Waals surface area contributed by atoms with Gasteiger partial charge in [-0.1, -0.05) is 0 Å². The van der Waals surface area contributed by atoms with Crippen molar-refractivity contribution in [2.45, 2.75) is 6.92 Å². The Morgan fingerprint density at radius 2 is 1.85 bits per heavy atom. The maximum Gasteiger partial charge on any atom is 0.161 e. The number of nitrogens with two attached hydrogens (primary N) is 1. The van der Waals surface area contributed by atoms with Gasteiger partial charge in [-0.15, -0.1) is 0 Å². The Bertz CT molecular complexity index is 669. The standard InChI is InChI=1S/C14H14N4O2/c1-8-10(7-15)13(16)18-14(17-8)9-4-5-11(19-2)12(6-9)20-3/h4-6H,1-3H3,(H2,16,17,18). The Kier molecular flexibility index (Phi) is 3.71. The van der Waals surface area contributed by atoms with E-state index in [1.807, 2.05) is 12.1 Å². The largest absolute Gasteiger partial charge is 0.493 e. The molecule has 0 aliphatic carbocycles. The van der Waals surface area contributed by atoms with Crippen molar-refractivity contribution >= 4 is 5.82 Å². The SMILES string of the molecule is COc1ccc(-c2nc(C)c(C#N)c(N)n2)cc1OC. The van der Waals surface area contributed by atoms with Crippen LogP contribution < -0.4 is 15.2 Å². The van der Waals surface area contributed by atoms with Crippen LogP contribution in [-0.4, -0.2) is 24.2 Å². The van der Waals surface area contributed by atoms with E-state index < -0.39 is 0 Å². The van der Waals surface area contributed by atoms with Crippen molar-refractivity contribution in [3.8, 4) is 29.0 Å². The zero-order valence-corrected chi connectivity index (χ0v) is 11.5. The number of rotatable bonds is 3. The summed E-state index contributed by atoms with van der Waals surface area (Å²) in [6.07, 6.45) is 0. The monoisotopic (exact) mass is 270 g/mol. The third-order valence-electron chi connectivity index (χ3n) is 2.87. The van der Waals surface area contributed by atoms with Crippen LogP contribution in [0.4, 0.5) is 5.82 Å². The molecule has 0 saturated heterocycles. The summed E-state index contributed by atoms with van der Waals surface area (Å²) in [7, 11) is 3.12. The van der Waals surface area contributed by atoms with Crippen LogP contribution >= 0.6 is 0 Å². The van der Waals surface area contributed by atoms with E-state index in [9.17, 15) is 0 Å². The first-order valence-electron chi connectivity index (χ1n) is 5.87.